The molecule has 1 aliphatic heterocycles. The molecular weight excluding hydrogens is 979 g/mol. The molecule has 76 heavy (non-hydrogen) atoms. The highest BCUT2D eigenvalue weighted by atomic mass is 32.3. The van der Waals surface area contributed by atoms with Crippen molar-refractivity contribution in [2.75, 3.05) is 13.2 Å². The van der Waals surface area contributed by atoms with Gasteiger partial charge in [-0.1, -0.05) is 315 Å². The summed E-state index contributed by atoms with van der Waals surface area (Å²) in [6.07, 6.45) is 57.5. The molecule has 0 spiro atoms. The quantitative estimate of drug-likeness (QED) is 0.0193. The molecule has 0 aromatic heterocycles. The minimum atomic E-state index is -5.09. The molecule has 0 radical (unpaired) electrons. The highest BCUT2D eigenvalue weighted by molar-refractivity contribution is 7.80. The minimum absolute atomic E-state index is 0.256. The Kier molecular flexibility index (Phi) is 51.0. The van der Waals surface area contributed by atoms with Gasteiger partial charge in [0.15, 0.2) is 6.29 Å². The van der Waals surface area contributed by atoms with Crippen LogP contribution in [0.2, 0.25) is 0 Å². The molecule has 1 saturated heterocycles. The van der Waals surface area contributed by atoms with E-state index in [0.29, 0.717) is 6.42 Å². The summed E-state index contributed by atoms with van der Waals surface area (Å²) in [6.45, 7) is 3.42. The molecule has 1 rings (SSSR count). The Hall–Kier alpha value is -1.16. The topological polar surface area (TPSA) is 192 Å². The second-order valence-electron chi connectivity index (χ2n) is 23.1. The molecule has 12 nitrogen and oxygen atoms in total. The van der Waals surface area contributed by atoms with Crippen LogP contribution in [0.25, 0.3) is 0 Å². The first-order valence-corrected chi connectivity index (χ1v) is 33.9. The number of aliphatic hydroxyl groups is 4. The smallest absolute Gasteiger partial charge is 0.394 e. The second kappa shape index (κ2) is 53.2. The van der Waals surface area contributed by atoms with E-state index >= 15 is 0 Å². The lowest BCUT2D eigenvalue weighted by Gasteiger charge is -2.41. The fourth-order valence-electron chi connectivity index (χ4n) is 10.8. The molecule has 1 aliphatic rings. The van der Waals surface area contributed by atoms with Crippen LogP contribution in [0.15, 0.2) is 12.2 Å². The average Bonchev–Trinajstić information content (AvgIpc) is 3.40. The van der Waals surface area contributed by atoms with Crippen molar-refractivity contribution in [2.24, 2.45) is 0 Å². The number of rotatable bonds is 58. The third kappa shape index (κ3) is 44.6. The summed E-state index contributed by atoms with van der Waals surface area (Å²) in [5.74, 6) is -0.256. The molecule has 7 atom stereocenters. The van der Waals surface area contributed by atoms with E-state index in [1.807, 2.05) is 6.08 Å². The van der Waals surface area contributed by atoms with Crippen LogP contribution < -0.4 is 5.32 Å². The SMILES string of the molecule is CCCCCCCCCCCC/C=C/C(O)C(COC1OC(CO)C(O)C(OS(=O)(=O)O)C1O)NC(=O)CCCCCCCCCCCCCCCCCCCCCCCCCCCCCCCCCCCCCCC. The molecule has 1 fully saturated rings. The van der Waals surface area contributed by atoms with Gasteiger partial charge in [-0.05, 0) is 19.3 Å². The summed E-state index contributed by atoms with van der Waals surface area (Å²) in [6, 6.07) is -0.939. The van der Waals surface area contributed by atoms with Gasteiger partial charge in [-0.25, -0.2) is 4.18 Å². The molecule has 0 aromatic rings. The predicted molar refractivity (Wildman–Crippen MR) is 315 cm³/mol. The molecule has 7 unspecified atom stereocenters. The number of aliphatic hydroxyl groups excluding tert-OH is 4. The lowest BCUT2D eigenvalue weighted by molar-refractivity contribution is -0.298. The van der Waals surface area contributed by atoms with Gasteiger partial charge in [0.25, 0.3) is 0 Å². The molecule has 0 saturated carbocycles. The number of hydrogen-bond acceptors (Lipinski definition) is 10. The summed E-state index contributed by atoms with van der Waals surface area (Å²) >= 11 is 0. The Balaban J connectivity index is 2.12. The molecule has 13 heteroatoms. The maximum Gasteiger partial charge on any atom is 0.397 e. The molecule has 1 amide bonds. The van der Waals surface area contributed by atoms with E-state index in [2.05, 4.69) is 23.3 Å². The predicted octanol–water partition coefficient (Wildman–Crippen LogP) is 16.2. The zero-order valence-electron chi connectivity index (χ0n) is 49.4. The van der Waals surface area contributed by atoms with Crippen LogP contribution in [0.4, 0.5) is 0 Å². The zero-order chi connectivity index (χ0) is 55.4. The fraction of sp³-hybridized carbons (Fsp3) is 0.952. The molecule has 452 valence electrons. The van der Waals surface area contributed by atoms with Crippen molar-refractivity contribution in [2.45, 2.75) is 371 Å². The van der Waals surface area contributed by atoms with Gasteiger partial charge in [-0.2, -0.15) is 8.42 Å². The van der Waals surface area contributed by atoms with E-state index in [0.717, 1.165) is 38.5 Å². The first kappa shape index (κ1) is 72.9. The molecule has 1 heterocycles. The van der Waals surface area contributed by atoms with Crippen LogP contribution in [0, 0.1) is 0 Å². The van der Waals surface area contributed by atoms with Crippen molar-refractivity contribution in [3.05, 3.63) is 12.2 Å². The average molecular weight is 1100 g/mol. The number of ether oxygens (including phenoxy) is 2. The Labute approximate surface area is 468 Å². The van der Waals surface area contributed by atoms with Gasteiger partial charge in [0, 0.05) is 6.42 Å². The standard InChI is InChI=1S/C63H123NO11S/c1-3-5-7-9-11-13-15-17-18-19-20-21-22-23-24-25-26-27-28-29-30-31-32-33-34-35-36-37-38-39-40-41-43-45-47-49-51-53-59(67)64-56(57(66)52-50-48-46-44-42-16-14-12-10-8-6-4-2)55-73-63-61(69)62(75-76(70,71)72)60(68)58(54-65)74-63/h50,52,56-58,60-63,65-66,68-69H,3-49,51,53-55H2,1-2H3,(H,64,67)(H,70,71,72)/b52-50+. The summed E-state index contributed by atoms with van der Waals surface area (Å²) in [5.41, 5.74) is 0. The van der Waals surface area contributed by atoms with Crippen LogP contribution in [0.5, 0.6) is 0 Å². The molecule has 0 bridgehead atoms. The van der Waals surface area contributed by atoms with Gasteiger partial charge in [-0.3, -0.25) is 9.35 Å². The zero-order valence-corrected chi connectivity index (χ0v) is 50.2. The maximum atomic E-state index is 13.1. The summed E-state index contributed by atoms with van der Waals surface area (Å²) < 4.78 is 47.8. The van der Waals surface area contributed by atoms with Gasteiger partial charge in [0.1, 0.15) is 24.4 Å². The number of carbonyl (C=O) groups excluding carboxylic acids is 1. The number of hydrogen-bond donors (Lipinski definition) is 6. The van der Waals surface area contributed by atoms with E-state index in [1.165, 1.54) is 263 Å². The van der Waals surface area contributed by atoms with Crippen LogP contribution in [0.1, 0.15) is 328 Å². The Morgan fingerprint density at radius 1 is 0.513 bits per heavy atom. The van der Waals surface area contributed by atoms with Crippen molar-refractivity contribution >= 4 is 16.3 Å². The van der Waals surface area contributed by atoms with Crippen molar-refractivity contribution in [1.82, 2.24) is 5.32 Å². The van der Waals surface area contributed by atoms with Crippen molar-refractivity contribution in [1.29, 1.82) is 0 Å². The highest BCUT2D eigenvalue weighted by Crippen LogP contribution is 2.26. The van der Waals surface area contributed by atoms with Gasteiger partial charge in [-0.15, -0.1) is 0 Å². The van der Waals surface area contributed by atoms with Crippen LogP contribution in [0.3, 0.4) is 0 Å². The minimum Gasteiger partial charge on any atom is -0.394 e. The van der Waals surface area contributed by atoms with E-state index in [-0.39, 0.29) is 18.9 Å². The number of allylic oxidation sites excluding steroid dienone is 1. The lowest BCUT2D eigenvalue weighted by atomic mass is 9.99. The lowest BCUT2D eigenvalue weighted by Crippen LogP contribution is -2.61. The summed E-state index contributed by atoms with van der Waals surface area (Å²) in [5, 5.41) is 44.9. The Bertz CT molecular complexity index is 1390. The Morgan fingerprint density at radius 3 is 1.14 bits per heavy atom. The maximum absolute atomic E-state index is 13.1. The first-order chi connectivity index (χ1) is 37.0. The van der Waals surface area contributed by atoms with Crippen LogP contribution in [-0.2, 0) is 28.9 Å². The third-order valence-corrected chi connectivity index (χ3v) is 16.3. The van der Waals surface area contributed by atoms with Crippen molar-refractivity contribution < 1.29 is 51.8 Å². The second-order valence-corrected chi connectivity index (χ2v) is 24.1. The summed E-state index contributed by atoms with van der Waals surface area (Å²) in [7, 11) is -5.09. The normalized spacial score (nSPS) is 19.0. The van der Waals surface area contributed by atoms with Gasteiger partial charge >= 0.3 is 10.4 Å². The molecule has 0 aliphatic carbocycles. The largest absolute Gasteiger partial charge is 0.397 e. The third-order valence-electron chi connectivity index (χ3n) is 15.8. The number of amides is 1. The molecular formula is C63H123NO11S. The van der Waals surface area contributed by atoms with E-state index in [9.17, 15) is 38.2 Å². The van der Waals surface area contributed by atoms with E-state index in [1.54, 1.807) is 6.08 Å². The molecule has 0 aromatic carbocycles. The number of nitrogens with one attached hydrogen (secondary N) is 1. The van der Waals surface area contributed by atoms with Gasteiger partial charge < -0.3 is 35.2 Å². The van der Waals surface area contributed by atoms with E-state index < -0.39 is 59.9 Å². The van der Waals surface area contributed by atoms with Gasteiger partial charge in [0.2, 0.25) is 5.91 Å². The monoisotopic (exact) mass is 1100 g/mol. The van der Waals surface area contributed by atoms with Crippen molar-refractivity contribution in [3.8, 4) is 0 Å². The Morgan fingerprint density at radius 2 is 0.829 bits per heavy atom. The summed E-state index contributed by atoms with van der Waals surface area (Å²) in [4.78, 5) is 13.1. The van der Waals surface area contributed by atoms with Crippen LogP contribution >= 0.6 is 0 Å². The number of carbonyl (C=O) groups is 1. The van der Waals surface area contributed by atoms with Crippen molar-refractivity contribution in [3.63, 3.8) is 0 Å². The van der Waals surface area contributed by atoms with E-state index in [4.69, 9.17) is 9.47 Å². The fourth-order valence-corrected chi connectivity index (χ4v) is 11.3. The highest BCUT2D eigenvalue weighted by Gasteiger charge is 2.48. The van der Waals surface area contributed by atoms with Crippen LogP contribution in [-0.4, -0.2) is 95.4 Å². The number of unbranched alkanes of at least 4 members (excludes halogenated alkanes) is 46. The molecule has 6 N–H and O–H groups in total. The first-order valence-electron chi connectivity index (χ1n) is 32.6. The van der Waals surface area contributed by atoms with Gasteiger partial charge in [0.05, 0.1) is 25.4 Å².